The number of amides is 1. The summed E-state index contributed by atoms with van der Waals surface area (Å²) in [5.41, 5.74) is 7.04. The molecule has 1 amide bonds. The molecule has 6 nitrogen and oxygen atoms in total. The molecule has 0 radical (unpaired) electrons. The standard InChI is InChI=1S/C19H20N4O2S/c1-11-9-23(10-12(2)25-11)19(24)15-8-14-16(20)21-17(22-18(14)26-15)13-6-4-3-5-7-13/h3-8,11-12H,9-10H2,1-2H3,(H2,20,21,22). The maximum absolute atomic E-state index is 12.9. The Labute approximate surface area is 155 Å². The van der Waals surface area contributed by atoms with Crippen molar-refractivity contribution in [2.75, 3.05) is 18.8 Å². The van der Waals surface area contributed by atoms with Gasteiger partial charge in [0.25, 0.3) is 5.91 Å². The van der Waals surface area contributed by atoms with Crippen LogP contribution in [0.5, 0.6) is 0 Å². The van der Waals surface area contributed by atoms with Crippen molar-refractivity contribution in [1.82, 2.24) is 14.9 Å². The second-order valence-electron chi connectivity index (χ2n) is 6.60. The average molecular weight is 368 g/mol. The smallest absolute Gasteiger partial charge is 0.264 e. The van der Waals surface area contributed by atoms with Gasteiger partial charge in [0.15, 0.2) is 5.82 Å². The predicted molar refractivity (Wildman–Crippen MR) is 103 cm³/mol. The number of carbonyl (C=O) groups is 1. The Morgan fingerprint density at radius 2 is 1.88 bits per heavy atom. The Bertz CT molecular complexity index is 947. The maximum Gasteiger partial charge on any atom is 0.264 e. The van der Waals surface area contributed by atoms with E-state index in [2.05, 4.69) is 9.97 Å². The molecule has 0 aliphatic carbocycles. The molecule has 2 atom stereocenters. The molecule has 7 heteroatoms. The molecular weight excluding hydrogens is 348 g/mol. The number of fused-ring (bicyclic) bond motifs is 1. The Morgan fingerprint density at radius 1 is 1.19 bits per heavy atom. The zero-order valence-electron chi connectivity index (χ0n) is 14.7. The number of aromatic nitrogens is 2. The second-order valence-corrected chi connectivity index (χ2v) is 7.63. The molecule has 1 aliphatic heterocycles. The third kappa shape index (κ3) is 3.15. The molecule has 0 spiro atoms. The first-order valence-corrected chi connectivity index (χ1v) is 9.40. The van der Waals surface area contributed by atoms with E-state index in [1.165, 1.54) is 11.3 Å². The van der Waals surface area contributed by atoms with Crippen molar-refractivity contribution in [3.8, 4) is 11.4 Å². The van der Waals surface area contributed by atoms with E-state index in [4.69, 9.17) is 10.5 Å². The van der Waals surface area contributed by atoms with Gasteiger partial charge in [-0.05, 0) is 19.9 Å². The summed E-state index contributed by atoms with van der Waals surface area (Å²) in [5, 5.41) is 0.729. The summed E-state index contributed by atoms with van der Waals surface area (Å²) in [5.74, 6) is 0.966. The molecule has 2 N–H and O–H groups in total. The van der Waals surface area contributed by atoms with Crippen LogP contribution in [0.2, 0.25) is 0 Å². The highest BCUT2D eigenvalue weighted by atomic mass is 32.1. The third-order valence-electron chi connectivity index (χ3n) is 4.37. The first kappa shape index (κ1) is 16.9. The first-order valence-electron chi connectivity index (χ1n) is 8.58. The molecule has 3 heterocycles. The van der Waals surface area contributed by atoms with Gasteiger partial charge in [-0.1, -0.05) is 30.3 Å². The van der Waals surface area contributed by atoms with Crippen molar-refractivity contribution in [2.45, 2.75) is 26.1 Å². The van der Waals surface area contributed by atoms with E-state index in [1.54, 1.807) is 6.07 Å². The summed E-state index contributed by atoms with van der Waals surface area (Å²) in [4.78, 5) is 25.1. The molecule has 0 bridgehead atoms. The number of thiophene rings is 1. The topological polar surface area (TPSA) is 81.3 Å². The Hall–Kier alpha value is -2.51. The number of ether oxygens (including phenoxy) is 1. The normalized spacial score (nSPS) is 20.5. The van der Waals surface area contributed by atoms with E-state index in [0.717, 1.165) is 15.8 Å². The molecule has 2 unspecified atom stereocenters. The molecule has 1 saturated heterocycles. The fraction of sp³-hybridized carbons (Fsp3) is 0.316. The maximum atomic E-state index is 12.9. The molecule has 0 saturated carbocycles. The fourth-order valence-electron chi connectivity index (χ4n) is 3.26. The van der Waals surface area contributed by atoms with E-state index >= 15 is 0 Å². The lowest BCUT2D eigenvalue weighted by Crippen LogP contribution is -2.48. The van der Waals surface area contributed by atoms with Crippen molar-refractivity contribution in [3.05, 3.63) is 41.3 Å². The molecular formula is C19H20N4O2S. The number of nitrogens with zero attached hydrogens (tertiary/aromatic N) is 3. The van der Waals surface area contributed by atoms with Gasteiger partial charge in [-0.15, -0.1) is 11.3 Å². The summed E-state index contributed by atoms with van der Waals surface area (Å²) < 4.78 is 5.71. The van der Waals surface area contributed by atoms with Crippen LogP contribution in [0.3, 0.4) is 0 Å². The van der Waals surface area contributed by atoms with Crippen molar-refractivity contribution in [3.63, 3.8) is 0 Å². The number of rotatable bonds is 2. The minimum Gasteiger partial charge on any atom is -0.383 e. The lowest BCUT2D eigenvalue weighted by atomic mass is 10.2. The lowest BCUT2D eigenvalue weighted by molar-refractivity contribution is -0.0585. The highest BCUT2D eigenvalue weighted by molar-refractivity contribution is 7.20. The number of nitrogen functional groups attached to an aromatic ring is 1. The Balaban J connectivity index is 1.69. The summed E-state index contributed by atoms with van der Waals surface area (Å²) in [6.07, 6.45) is 0.0678. The quantitative estimate of drug-likeness (QED) is 0.751. The number of benzene rings is 1. The van der Waals surface area contributed by atoms with Gasteiger partial charge in [0.2, 0.25) is 0 Å². The van der Waals surface area contributed by atoms with Gasteiger partial charge in [-0.25, -0.2) is 9.97 Å². The van der Waals surface area contributed by atoms with Crippen LogP contribution in [0, 0.1) is 0 Å². The SMILES string of the molecule is CC1CN(C(=O)c2cc3c(N)nc(-c4ccccc4)nc3s2)CC(C)O1. The molecule has 134 valence electrons. The summed E-state index contributed by atoms with van der Waals surface area (Å²) in [7, 11) is 0. The van der Waals surface area contributed by atoms with Crippen molar-refractivity contribution >= 4 is 33.3 Å². The van der Waals surface area contributed by atoms with Crippen LogP contribution in [-0.4, -0.2) is 46.1 Å². The van der Waals surface area contributed by atoms with E-state index in [-0.39, 0.29) is 18.1 Å². The Kier molecular flexibility index (Phi) is 4.34. The van der Waals surface area contributed by atoms with Gasteiger partial charge in [0.05, 0.1) is 22.5 Å². The van der Waals surface area contributed by atoms with Gasteiger partial charge in [0, 0.05) is 18.7 Å². The average Bonchev–Trinajstić information content (AvgIpc) is 3.06. The lowest BCUT2D eigenvalue weighted by Gasteiger charge is -2.35. The van der Waals surface area contributed by atoms with E-state index in [1.807, 2.05) is 49.1 Å². The highest BCUT2D eigenvalue weighted by Gasteiger charge is 2.28. The third-order valence-corrected chi connectivity index (χ3v) is 5.39. The highest BCUT2D eigenvalue weighted by Crippen LogP contribution is 2.31. The van der Waals surface area contributed by atoms with Gasteiger partial charge in [-0.3, -0.25) is 4.79 Å². The zero-order valence-corrected chi connectivity index (χ0v) is 15.5. The van der Waals surface area contributed by atoms with Crippen LogP contribution < -0.4 is 5.73 Å². The van der Waals surface area contributed by atoms with Gasteiger partial charge >= 0.3 is 0 Å². The molecule has 26 heavy (non-hydrogen) atoms. The van der Waals surface area contributed by atoms with Gasteiger partial charge in [-0.2, -0.15) is 0 Å². The van der Waals surface area contributed by atoms with Crippen LogP contribution in [0.1, 0.15) is 23.5 Å². The van der Waals surface area contributed by atoms with Crippen LogP contribution in [0.4, 0.5) is 5.82 Å². The number of morpholine rings is 1. The van der Waals surface area contributed by atoms with Crippen LogP contribution >= 0.6 is 11.3 Å². The number of nitrogens with two attached hydrogens (primary N) is 1. The van der Waals surface area contributed by atoms with Crippen LogP contribution in [0.15, 0.2) is 36.4 Å². The predicted octanol–water partition coefficient (Wildman–Crippen LogP) is 3.19. The minimum atomic E-state index is -0.00402. The van der Waals surface area contributed by atoms with Crippen molar-refractivity contribution in [1.29, 1.82) is 0 Å². The molecule has 1 fully saturated rings. The fourth-order valence-corrected chi connectivity index (χ4v) is 4.27. The van der Waals surface area contributed by atoms with E-state index in [9.17, 15) is 4.79 Å². The largest absolute Gasteiger partial charge is 0.383 e. The summed E-state index contributed by atoms with van der Waals surface area (Å²) in [6.45, 7) is 5.15. The summed E-state index contributed by atoms with van der Waals surface area (Å²) in [6, 6.07) is 11.5. The van der Waals surface area contributed by atoms with Crippen molar-refractivity contribution in [2.24, 2.45) is 0 Å². The number of carbonyl (C=O) groups excluding carboxylic acids is 1. The first-order chi connectivity index (χ1) is 12.5. The molecule has 4 rings (SSSR count). The van der Waals surface area contributed by atoms with Gasteiger partial charge < -0.3 is 15.4 Å². The second kappa shape index (κ2) is 6.66. The molecule has 2 aromatic heterocycles. The number of hydrogen-bond acceptors (Lipinski definition) is 6. The zero-order chi connectivity index (χ0) is 18.3. The molecule has 3 aromatic rings. The van der Waals surface area contributed by atoms with Gasteiger partial charge in [0.1, 0.15) is 10.6 Å². The Morgan fingerprint density at radius 3 is 2.58 bits per heavy atom. The monoisotopic (exact) mass is 368 g/mol. The summed E-state index contributed by atoms with van der Waals surface area (Å²) >= 11 is 1.36. The van der Waals surface area contributed by atoms with Crippen molar-refractivity contribution < 1.29 is 9.53 Å². The van der Waals surface area contributed by atoms with Crippen LogP contribution in [-0.2, 0) is 4.74 Å². The minimum absolute atomic E-state index is 0.00402. The van der Waals surface area contributed by atoms with Crippen LogP contribution in [0.25, 0.3) is 21.6 Å². The number of anilines is 1. The number of hydrogen-bond donors (Lipinski definition) is 1. The van der Waals surface area contributed by atoms with E-state index in [0.29, 0.717) is 29.6 Å². The molecule has 1 aromatic carbocycles. The molecule has 1 aliphatic rings. The van der Waals surface area contributed by atoms with E-state index < -0.39 is 0 Å².